The van der Waals surface area contributed by atoms with E-state index in [1.165, 1.54) is 11.1 Å². The van der Waals surface area contributed by atoms with E-state index in [1.807, 2.05) is 25.2 Å². The van der Waals surface area contributed by atoms with Gasteiger partial charge in [-0.25, -0.2) is 0 Å². The average Bonchev–Trinajstić information content (AvgIpc) is 2.46. The summed E-state index contributed by atoms with van der Waals surface area (Å²) in [5.74, 6) is 0.964. The lowest BCUT2D eigenvalue weighted by atomic mass is 10.1. The third-order valence-electron chi connectivity index (χ3n) is 3.49. The number of thioether (sulfide) groups is 1. The van der Waals surface area contributed by atoms with Crippen LogP contribution in [0.15, 0.2) is 41.3 Å². The summed E-state index contributed by atoms with van der Waals surface area (Å²) in [5.41, 5.74) is 5.32. The molecule has 2 nitrogen and oxygen atoms in total. The van der Waals surface area contributed by atoms with Crippen LogP contribution in [0.2, 0.25) is 0 Å². The highest BCUT2D eigenvalue weighted by molar-refractivity contribution is 7.99. The van der Waals surface area contributed by atoms with Crippen LogP contribution in [-0.4, -0.2) is 12.8 Å². The van der Waals surface area contributed by atoms with Gasteiger partial charge in [0.15, 0.2) is 0 Å². The zero-order chi connectivity index (χ0) is 15.4. The molecular weight excluding hydrogens is 276 g/mol. The Morgan fingerprint density at radius 1 is 1.14 bits per heavy atom. The largest absolute Gasteiger partial charge is 0.343 e. The van der Waals surface area contributed by atoms with Crippen LogP contribution in [0, 0.1) is 25.2 Å². The predicted molar refractivity (Wildman–Crippen MR) is 91.5 cm³/mol. The highest BCUT2D eigenvalue weighted by Crippen LogP contribution is 2.34. The zero-order valence-corrected chi connectivity index (χ0v) is 13.8. The first kappa shape index (κ1) is 15.5. The number of aryl methyl sites for hydroxylation is 2. The second-order valence-electron chi connectivity index (χ2n) is 5.04. The van der Waals surface area contributed by atoms with Crippen LogP contribution in [0.4, 0.5) is 11.4 Å². The van der Waals surface area contributed by atoms with E-state index in [0.717, 1.165) is 27.6 Å². The fraction of sp³-hybridized carbons (Fsp3) is 0.278. The minimum absolute atomic E-state index is 0.756. The lowest BCUT2D eigenvalue weighted by molar-refractivity contribution is 1.16. The minimum Gasteiger partial charge on any atom is -0.343 e. The first-order chi connectivity index (χ1) is 10.1. The van der Waals surface area contributed by atoms with Crippen molar-refractivity contribution in [3.05, 3.63) is 53.1 Å². The van der Waals surface area contributed by atoms with Gasteiger partial charge in [-0.3, -0.25) is 0 Å². The van der Waals surface area contributed by atoms with Gasteiger partial charge in [0, 0.05) is 17.6 Å². The van der Waals surface area contributed by atoms with Gasteiger partial charge in [0.1, 0.15) is 6.07 Å². The maximum atomic E-state index is 9.55. The van der Waals surface area contributed by atoms with E-state index in [-0.39, 0.29) is 0 Å². The quantitative estimate of drug-likeness (QED) is 0.738. The summed E-state index contributed by atoms with van der Waals surface area (Å²) in [5, 5.41) is 9.55. The van der Waals surface area contributed by atoms with Crippen LogP contribution < -0.4 is 4.90 Å². The van der Waals surface area contributed by atoms with Crippen LogP contribution in [0.25, 0.3) is 0 Å². The fourth-order valence-electron chi connectivity index (χ4n) is 2.50. The summed E-state index contributed by atoms with van der Waals surface area (Å²) < 4.78 is 0. The normalized spacial score (nSPS) is 10.2. The minimum atomic E-state index is 0.756. The van der Waals surface area contributed by atoms with Crippen molar-refractivity contribution >= 4 is 23.1 Å². The molecule has 3 heteroatoms. The molecular formula is C18H20N2S. The maximum absolute atomic E-state index is 9.55. The molecule has 0 heterocycles. The third kappa shape index (κ3) is 3.22. The molecule has 0 aliphatic heterocycles. The topological polar surface area (TPSA) is 27.0 Å². The number of benzene rings is 2. The molecule has 0 aliphatic rings. The molecule has 108 valence electrons. The van der Waals surface area contributed by atoms with E-state index in [4.69, 9.17) is 0 Å². The van der Waals surface area contributed by atoms with Crippen LogP contribution in [0.1, 0.15) is 23.6 Å². The Bertz CT molecular complexity index is 686. The first-order valence-corrected chi connectivity index (χ1v) is 8.04. The number of rotatable bonds is 4. The SMILES string of the molecule is CCSc1cccc(N(C)c2ccc(C)cc2C)c1C#N. The van der Waals surface area contributed by atoms with Gasteiger partial charge in [0.2, 0.25) is 0 Å². The van der Waals surface area contributed by atoms with E-state index in [2.05, 4.69) is 49.9 Å². The Morgan fingerprint density at radius 3 is 2.52 bits per heavy atom. The van der Waals surface area contributed by atoms with E-state index in [9.17, 15) is 5.26 Å². The predicted octanol–water partition coefficient (Wildman–Crippen LogP) is 5.06. The van der Waals surface area contributed by atoms with Gasteiger partial charge < -0.3 is 4.90 Å². The summed E-state index contributed by atoms with van der Waals surface area (Å²) in [6.45, 7) is 6.30. The molecule has 2 aromatic carbocycles. The molecule has 0 spiro atoms. The van der Waals surface area contributed by atoms with Gasteiger partial charge in [0.25, 0.3) is 0 Å². The van der Waals surface area contributed by atoms with Gasteiger partial charge in [-0.15, -0.1) is 11.8 Å². The average molecular weight is 296 g/mol. The molecule has 2 rings (SSSR count). The van der Waals surface area contributed by atoms with Crippen LogP contribution in [0.3, 0.4) is 0 Å². The summed E-state index contributed by atoms with van der Waals surface area (Å²) in [7, 11) is 2.02. The lowest BCUT2D eigenvalue weighted by Gasteiger charge is -2.24. The Balaban J connectivity index is 2.50. The highest BCUT2D eigenvalue weighted by Gasteiger charge is 2.14. The molecule has 0 bridgehead atoms. The van der Waals surface area contributed by atoms with E-state index in [0.29, 0.717) is 0 Å². The molecule has 0 amide bonds. The summed E-state index contributed by atoms with van der Waals surface area (Å²) in [4.78, 5) is 3.15. The monoisotopic (exact) mass is 296 g/mol. The third-order valence-corrected chi connectivity index (χ3v) is 4.43. The number of anilines is 2. The molecule has 0 saturated carbocycles. The molecule has 0 radical (unpaired) electrons. The van der Waals surface area contributed by atoms with E-state index >= 15 is 0 Å². The van der Waals surface area contributed by atoms with Gasteiger partial charge in [-0.2, -0.15) is 5.26 Å². The van der Waals surface area contributed by atoms with Crippen LogP contribution in [-0.2, 0) is 0 Å². The Kier molecular flexibility index (Phi) is 4.93. The molecule has 0 fully saturated rings. The van der Waals surface area contributed by atoms with Crippen molar-refractivity contribution in [1.29, 1.82) is 5.26 Å². The summed E-state index contributed by atoms with van der Waals surface area (Å²) in [6, 6.07) is 14.8. The van der Waals surface area contributed by atoms with E-state index < -0.39 is 0 Å². The number of hydrogen-bond acceptors (Lipinski definition) is 3. The number of hydrogen-bond donors (Lipinski definition) is 0. The van der Waals surface area contributed by atoms with Crippen LogP contribution in [0.5, 0.6) is 0 Å². The molecule has 0 aromatic heterocycles. The molecule has 0 saturated heterocycles. The van der Waals surface area contributed by atoms with Gasteiger partial charge in [-0.05, 0) is 43.4 Å². The number of nitriles is 1. The summed E-state index contributed by atoms with van der Waals surface area (Å²) >= 11 is 1.71. The van der Waals surface area contributed by atoms with E-state index in [1.54, 1.807) is 11.8 Å². The smallest absolute Gasteiger partial charge is 0.103 e. The lowest BCUT2D eigenvalue weighted by Crippen LogP contribution is -2.13. The van der Waals surface area contributed by atoms with Gasteiger partial charge >= 0.3 is 0 Å². The second kappa shape index (κ2) is 6.69. The molecule has 0 atom stereocenters. The molecule has 0 aliphatic carbocycles. The fourth-order valence-corrected chi connectivity index (χ4v) is 3.28. The van der Waals surface area contributed by atoms with Crippen molar-refractivity contribution in [3.8, 4) is 6.07 Å². The Morgan fingerprint density at radius 2 is 1.90 bits per heavy atom. The zero-order valence-electron chi connectivity index (χ0n) is 13.0. The molecule has 0 unspecified atom stereocenters. The van der Waals surface area contributed by atoms with Crippen molar-refractivity contribution in [2.24, 2.45) is 0 Å². The second-order valence-corrected chi connectivity index (χ2v) is 6.35. The highest BCUT2D eigenvalue weighted by atomic mass is 32.2. The summed E-state index contributed by atoms with van der Waals surface area (Å²) in [6.07, 6.45) is 0. The molecule has 21 heavy (non-hydrogen) atoms. The molecule has 2 aromatic rings. The standard InChI is InChI=1S/C18H20N2S/c1-5-21-18-8-6-7-17(15(18)12-19)20(4)16-10-9-13(2)11-14(16)3/h6-11H,5H2,1-4H3. The maximum Gasteiger partial charge on any atom is 0.103 e. The first-order valence-electron chi connectivity index (χ1n) is 7.05. The van der Waals surface area contributed by atoms with Gasteiger partial charge in [0.05, 0.1) is 11.3 Å². The van der Waals surface area contributed by atoms with Crippen molar-refractivity contribution in [3.63, 3.8) is 0 Å². The number of nitrogens with zero attached hydrogens (tertiary/aromatic N) is 2. The van der Waals surface area contributed by atoms with Crippen molar-refractivity contribution < 1.29 is 0 Å². The van der Waals surface area contributed by atoms with Crippen LogP contribution >= 0.6 is 11.8 Å². The van der Waals surface area contributed by atoms with Crippen molar-refractivity contribution in [1.82, 2.24) is 0 Å². The van der Waals surface area contributed by atoms with Crippen molar-refractivity contribution in [2.45, 2.75) is 25.7 Å². The Hall–Kier alpha value is -1.92. The molecule has 0 N–H and O–H groups in total. The Labute approximate surface area is 131 Å². The van der Waals surface area contributed by atoms with Crippen molar-refractivity contribution in [2.75, 3.05) is 17.7 Å². The van der Waals surface area contributed by atoms with Gasteiger partial charge in [-0.1, -0.05) is 30.7 Å².